The van der Waals surface area contributed by atoms with Gasteiger partial charge in [-0.25, -0.2) is 0 Å². The van der Waals surface area contributed by atoms with E-state index in [2.05, 4.69) is 52.4 Å². The van der Waals surface area contributed by atoms with Crippen molar-refractivity contribution in [3.8, 4) is 0 Å². The Labute approximate surface area is 88.7 Å². The van der Waals surface area contributed by atoms with Crippen molar-refractivity contribution in [2.24, 2.45) is 0 Å². The normalized spacial score (nSPS) is 12.8. The van der Waals surface area contributed by atoms with Gasteiger partial charge in [0.1, 0.15) is 0 Å². The molecule has 0 saturated heterocycles. The number of hydrogen-bond donors (Lipinski definition) is 1. The summed E-state index contributed by atoms with van der Waals surface area (Å²) in [7, 11) is 1.99. The van der Waals surface area contributed by atoms with Gasteiger partial charge in [-0.2, -0.15) is 0 Å². The Bertz CT molecular complexity index is 260. The van der Waals surface area contributed by atoms with E-state index in [1.54, 1.807) is 0 Å². The molecule has 13 heavy (non-hydrogen) atoms. The standard InChI is InChI=1S/C11H16BrN/c1-9(6-7-13-2)10-4-3-5-11(12)8-10/h3-5,8-9,13H,6-7H2,1-2H3. The average molecular weight is 242 g/mol. The molecule has 0 fully saturated rings. The summed E-state index contributed by atoms with van der Waals surface area (Å²) in [5.41, 5.74) is 1.41. The minimum atomic E-state index is 0.630. The third-order valence-electron chi connectivity index (χ3n) is 2.25. The van der Waals surface area contributed by atoms with Crippen LogP contribution in [0.5, 0.6) is 0 Å². The van der Waals surface area contributed by atoms with E-state index in [-0.39, 0.29) is 0 Å². The summed E-state index contributed by atoms with van der Waals surface area (Å²) in [4.78, 5) is 0. The number of benzene rings is 1. The van der Waals surface area contributed by atoms with E-state index in [0.29, 0.717) is 5.92 Å². The zero-order chi connectivity index (χ0) is 9.68. The van der Waals surface area contributed by atoms with E-state index in [1.807, 2.05) is 7.05 Å². The molecular formula is C11H16BrN. The van der Waals surface area contributed by atoms with E-state index in [0.717, 1.165) is 6.54 Å². The average Bonchev–Trinajstić information content (AvgIpc) is 2.14. The quantitative estimate of drug-likeness (QED) is 0.855. The van der Waals surface area contributed by atoms with Gasteiger partial charge in [-0.05, 0) is 43.6 Å². The molecule has 0 aliphatic rings. The predicted molar refractivity (Wildman–Crippen MR) is 61.1 cm³/mol. The van der Waals surface area contributed by atoms with E-state index in [1.165, 1.54) is 16.5 Å². The van der Waals surface area contributed by atoms with Gasteiger partial charge >= 0.3 is 0 Å². The first kappa shape index (κ1) is 10.7. The molecule has 0 aliphatic heterocycles. The van der Waals surface area contributed by atoms with Crippen LogP contribution < -0.4 is 5.32 Å². The van der Waals surface area contributed by atoms with Crippen molar-refractivity contribution in [2.75, 3.05) is 13.6 Å². The third kappa shape index (κ3) is 3.49. The second kappa shape index (κ2) is 5.40. The molecule has 0 heterocycles. The lowest BCUT2D eigenvalue weighted by atomic mass is 9.98. The van der Waals surface area contributed by atoms with Crippen LogP contribution in [0, 0.1) is 0 Å². The maximum absolute atomic E-state index is 3.48. The fourth-order valence-corrected chi connectivity index (χ4v) is 1.76. The molecule has 0 radical (unpaired) electrons. The molecule has 0 spiro atoms. The van der Waals surface area contributed by atoms with Gasteiger partial charge < -0.3 is 5.32 Å². The van der Waals surface area contributed by atoms with Gasteiger partial charge in [0.05, 0.1) is 0 Å². The Morgan fingerprint density at radius 1 is 1.46 bits per heavy atom. The number of halogens is 1. The summed E-state index contributed by atoms with van der Waals surface area (Å²) in [6, 6.07) is 8.54. The molecule has 1 aromatic rings. The molecule has 0 amide bonds. The summed E-state index contributed by atoms with van der Waals surface area (Å²) in [5, 5.41) is 3.17. The van der Waals surface area contributed by atoms with E-state index < -0.39 is 0 Å². The minimum Gasteiger partial charge on any atom is -0.320 e. The first-order chi connectivity index (χ1) is 6.24. The Kier molecular flexibility index (Phi) is 4.46. The van der Waals surface area contributed by atoms with Crippen LogP contribution >= 0.6 is 15.9 Å². The molecule has 72 valence electrons. The van der Waals surface area contributed by atoms with E-state index in [9.17, 15) is 0 Å². The smallest absolute Gasteiger partial charge is 0.0178 e. The van der Waals surface area contributed by atoms with Gasteiger partial charge in [0.15, 0.2) is 0 Å². The summed E-state index contributed by atoms with van der Waals surface area (Å²) < 4.78 is 1.17. The Morgan fingerprint density at radius 3 is 2.85 bits per heavy atom. The van der Waals surface area contributed by atoms with Gasteiger partial charge in [-0.3, -0.25) is 0 Å². The topological polar surface area (TPSA) is 12.0 Å². The SMILES string of the molecule is CNCCC(C)c1cccc(Br)c1. The van der Waals surface area contributed by atoms with Crippen molar-refractivity contribution in [1.29, 1.82) is 0 Å². The molecule has 2 heteroatoms. The lowest BCUT2D eigenvalue weighted by molar-refractivity contribution is 0.636. The van der Waals surface area contributed by atoms with Crippen LogP contribution in [-0.2, 0) is 0 Å². The third-order valence-corrected chi connectivity index (χ3v) is 2.74. The number of nitrogens with one attached hydrogen (secondary N) is 1. The lowest BCUT2D eigenvalue weighted by Gasteiger charge is -2.11. The maximum atomic E-state index is 3.48. The van der Waals surface area contributed by atoms with Crippen LogP contribution in [0.3, 0.4) is 0 Å². The van der Waals surface area contributed by atoms with Gasteiger partial charge in [0.2, 0.25) is 0 Å². The van der Waals surface area contributed by atoms with Crippen LogP contribution in [0.1, 0.15) is 24.8 Å². The summed E-state index contributed by atoms with van der Waals surface area (Å²) >= 11 is 3.48. The summed E-state index contributed by atoms with van der Waals surface area (Å²) in [6.45, 7) is 3.34. The summed E-state index contributed by atoms with van der Waals surface area (Å²) in [5.74, 6) is 0.630. The lowest BCUT2D eigenvalue weighted by Crippen LogP contribution is -2.10. The molecule has 0 saturated carbocycles. The fraction of sp³-hybridized carbons (Fsp3) is 0.455. The highest BCUT2D eigenvalue weighted by Gasteiger charge is 2.04. The van der Waals surface area contributed by atoms with Crippen molar-refractivity contribution >= 4 is 15.9 Å². The molecule has 1 aromatic carbocycles. The van der Waals surface area contributed by atoms with Crippen molar-refractivity contribution in [1.82, 2.24) is 5.32 Å². The highest BCUT2D eigenvalue weighted by Crippen LogP contribution is 2.21. The largest absolute Gasteiger partial charge is 0.320 e. The van der Waals surface area contributed by atoms with E-state index in [4.69, 9.17) is 0 Å². The Balaban J connectivity index is 2.60. The molecule has 1 rings (SSSR count). The molecule has 1 N–H and O–H groups in total. The van der Waals surface area contributed by atoms with Crippen LogP contribution in [-0.4, -0.2) is 13.6 Å². The maximum Gasteiger partial charge on any atom is 0.0178 e. The van der Waals surface area contributed by atoms with Crippen LogP contribution in [0.25, 0.3) is 0 Å². The van der Waals surface area contributed by atoms with Crippen molar-refractivity contribution in [2.45, 2.75) is 19.3 Å². The first-order valence-corrected chi connectivity index (χ1v) is 5.43. The molecule has 0 aromatic heterocycles. The highest BCUT2D eigenvalue weighted by atomic mass is 79.9. The zero-order valence-corrected chi connectivity index (χ0v) is 9.76. The van der Waals surface area contributed by atoms with Crippen molar-refractivity contribution in [3.05, 3.63) is 34.3 Å². The Hall–Kier alpha value is -0.340. The van der Waals surface area contributed by atoms with Crippen LogP contribution in [0.15, 0.2) is 28.7 Å². The Morgan fingerprint density at radius 2 is 2.23 bits per heavy atom. The molecule has 1 nitrogen and oxygen atoms in total. The molecule has 0 aliphatic carbocycles. The molecular weight excluding hydrogens is 226 g/mol. The van der Waals surface area contributed by atoms with Gasteiger partial charge in [-0.15, -0.1) is 0 Å². The second-order valence-electron chi connectivity index (χ2n) is 3.35. The monoisotopic (exact) mass is 241 g/mol. The molecule has 0 bridgehead atoms. The van der Waals surface area contributed by atoms with Crippen LogP contribution in [0.2, 0.25) is 0 Å². The minimum absolute atomic E-state index is 0.630. The first-order valence-electron chi connectivity index (χ1n) is 4.64. The van der Waals surface area contributed by atoms with Gasteiger partial charge in [-0.1, -0.05) is 35.0 Å². The van der Waals surface area contributed by atoms with Crippen molar-refractivity contribution < 1.29 is 0 Å². The van der Waals surface area contributed by atoms with Crippen LogP contribution in [0.4, 0.5) is 0 Å². The molecule has 1 atom stereocenters. The van der Waals surface area contributed by atoms with Gasteiger partial charge in [0, 0.05) is 4.47 Å². The van der Waals surface area contributed by atoms with Gasteiger partial charge in [0.25, 0.3) is 0 Å². The number of rotatable bonds is 4. The van der Waals surface area contributed by atoms with Crippen molar-refractivity contribution in [3.63, 3.8) is 0 Å². The second-order valence-corrected chi connectivity index (χ2v) is 4.26. The summed E-state index contributed by atoms with van der Waals surface area (Å²) in [6.07, 6.45) is 1.19. The molecule has 1 unspecified atom stereocenters. The zero-order valence-electron chi connectivity index (χ0n) is 8.18. The predicted octanol–water partition coefficient (Wildman–Crippen LogP) is 3.16. The fourth-order valence-electron chi connectivity index (χ4n) is 1.34. The number of hydrogen-bond acceptors (Lipinski definition) is 1. The highest BCUT2D eigenvalue weighted by molar-refractivity contribution is 9.10. The van der Waals surface area contributed by atoms with E-state index >= 15 is 0 Å².